The molecule has 2 nitrogen and oxygen atoms in total. The lowest BCUT2D eigenvalue weighted by Crippen LogP contribution is -2.56. The third kappa shape index (κ3) is 1.29. The Labute approximate surface area is 134 Å². The smallest absolute Gasteiger partial charge is 0.139 e. The van der Waals surface area contributed by atoms with E-state index in [4.69, 9.17) is 4.74 Å². The van der Waals surface area contributed by atoms with Gasteiger partial charge in [-0.3, -0.25) is 4.79 Å². The van der Waals surface area contributed by atoms with Gasteiger partial charge in [-0.05, 0) is 74.0 Å². The second kappa shape index (κ2) is 3.99. The molecule has 3 unspecified atom stereocenters. The minimum Gasteiger partial charge on any atom is -0.381 e. The monoisotopic (exact) mass is 302 g/mol. The number of hydrogen-bond donors (Lipinski definition) is 0. The molecule has 0 radical (unpaired) electrons. The highest BCUT2D eigenvalue weighted by Crippen LogP contribution is 2.81. The minimum absolute atomic E-state index is 0.00186. The third-order valence-electron chi connectivity index (χ3n) is 9.54. The summed E-state index contributed by atoms with van der Waals surface area (Å²) >= 11 is 0. The highest BCUT2D eigenvalue weighted by atomic mass is 16.5. The fraction of sp³-hybridized carbons (Fsp3) is 0.950. The maximum atomic E-state index is 12.5. The van der Waals surface area contributed by atoms with E-state index in [2.05, 4.69) is 13.8 Å². The molecule has 0 aromatic heterocycles. The number of methoxy groups -OCH3 is 1. The number of rotatable bonds is 1. The van der Waals surface area contributed by atoms with Crippen molar-refractivity contribution < 1.29 is 9.53 Å². The van der Waals surface area contributed by atoms with Gasteiger partial charge in [0.15, 0.2) is 0 Å². The van der Waals surface area contributed by atoms with Gasteiger partial charge in [0.25, 0.3) is 0 Å². The second-order valence-corrected chi connectivity index (χ2v) is 9.65. The Kier molecular flexibility index (Phi) is 2.54. The molecule has 0 heterocycles. The van der Waals surface area contributed by atoms with Crippen molar-refractivity contribution in [1.29, 1.82) is 0 Å². The average Bonchev–Trinajstić information content (AvgIpc) is 3.05. The van der Waals surface area contributed by atoms with Crippen molar-refractivity contribution in [1.82, 2.24) is 0 Å². The SMILES string of the molecule is COC1C[C@H]2[C@@H]3CCC(=O)[C@@]3(C)CC[C@@H]2[C@@]2(C)CCC3CC312. The summed E-state index contributed by atoms with van der Waals surface area (Å²) in [5.74, 6) is 3.75. The topological polar surface area (TPSA) is 26.3 Å². The zero-order valence-corrected chi connectivity index (χ0v) is 14.4. The van der Waals surface area contributed by atoms with E-state index < -0.39 is 0 Å². The lowest BCUT2D eigenvalue weighted by atomic mass is 9.46. The Morgan fingerprint density at radius 2 is 1.91 bits per heavy atom. The van der Waals surface area contributed by atoms with Crippen LogP contribution in [0, 0.1) is 39.9 Å². The fourth-order valence-electron chi connectivity index (χ4n) is 8.35. The maximum absolute atomic E-state index is 12.5. The van der Waals surface area contributed by atoms with Crippen LogP contribution in [0.25, 0.3) is 0 Å². The van der Waals surface area contributed by atoms with E-state index in [0.717, 1.165) is 37.0 Å². The first-order valence-corrected chi connectivity index (χ1v) is 9.53. The van der Waals surface area contributed by atoms with E-state index in [1.807, 2.05) is 7.11 Å². The highest BCUT2D eigenvalue weighted by molar-refractivity contribution is 5.87. The van der Waals surface area contributed by atoms with Crippen molar-refractivity contribution >= 4 is 5.78 Å². The summed E-state index contributed by atoms with van der Waals surface area (Å²) in [5, 5.41) is 0. The third-order valence-corrected chi connectivity index (χ3v) is 9.54. The maximum Gasteiger partial charge on any atom is 0.139 e. The van der Waals surface area contributed by atoms with Gasteiger partial charge in [-0.2, -0.15) is 0 Å². The summed E-state index contributed by atoms with van der Waals surface area (Å²) in [6.45, 7) is 4.88. The van der Waals surface area contributed by atoms with E-state index in [9.17, 15) is 4.79 Å². The van der Waals surface area contributed by atoms with Crippen LogP contribution >= 0.6 is 0 Å². The molecular formula is C20H30O2. The second-order valence-electron chi connectivity index (χ2n) is 9.65. The van der Waals surface area contributed by atoms with Crippen molar-refractivity contribution in [3.8, 4) is 0 Å². The lowest BCUT2D eigenvalue weighted by Gasteiger charge is -2.59. The number of fused-ring (bicyclic) bond motifs is 4. The summed E-state index contributed by atoms with van der Waals surface area (Å²) in [4.78, 5) is 12.5. The van der Waals surface area contributed by atoms with Crippen molar-refractivity contribution in [2.75, 3.05) is 7.11 Å². The lowest BCUT2D eigenvalue weighted by molar-refractivity contribution is -0.161. The molecule has 5 aliphatic carbocycles. The van der Waals surface area contributed by atoms with Gasteiger partial charge < -0.3 is 4.74 Å². The summed E-state index contributed by atoms with van der Waals surface area (Å²) in [6, 6.07) is 0. The van der Waals surface area contributed by atoms with Crippen LogP contribution in [0.1, 0.15) is 65.2 Å². The summed E-state index contributed by atoms with van der Waals surface area (Å²) < 4.78 is 6.09. The Balaban J connectivity index is 1.57. The summed E-state index contributed by atoms with van der Waals surface area (Å²) in [7, 11) is 1.94. The van der Waals surface area contributed by atoms with Gasteiger partial charge in [-0.1, -0.05) is 13.8 Å². The van der Waals surface area contributed by atoms with Gasteiger partial charge >= 0.3 is 0 Å². The molecule has 5 saturated carbocycles. The van der Waals surface area contributed by atoms with Gasteiger partial charge in [0.05, 0.1) is 6.10 Å². The van der Waals surface area contributed by atoms with Crippen LogP contribution in [0.2, 0.25) is 0 Å². The Morgan fingerprint density at radius 1 is 1.09 bits per heavy atom. The molecule has 0 bridgehead atoms. The molecular weight excluding hydrogens is 272 g/mol. The standard InChI is InChI=1S/C20H30O2/c1-18-8-7-15-13(14(18)4-5-16(18)21)10-17(22-3)20-11-12(20)6-9-19(15,20)2/h12-15,17H,4-11H2,1-3H3/t12?,13-,14-,15-,17?,18-,19+,20?/m0/s1. The molecule has 0 aromatic rings. The van der Waals surface area contributed by atoms with Crippen LogP contribution < -0.4 is 0 Å². The first-order chi connectivity index (χ1) is 10.5. The van der Waals surface area contributed by atoms with E-state index in [-0.39, 0.29) is 5.41 Å². The van der Waals surface area contributed by atoms with Crippen LogP contribution in [-0.2, 0) is 9.53 Å². The molecule has 2 heteroatoms. The number of ketones is 1. The zero-order valence-electron chi connectivity index (χ0n) is 14.4. The van der Waals surface area contributed by atoms with Gasteiger partial charge in [0.1, 0.15) is 5.78 Å². The van der Waals surface area contributed by atoms with Gasteiger partial charge in [0, 0.05) is 24.4 Å². The molecule has 0 aromatic carbocycles. The number of carbonyl (C=O) groups excluding carboxylic acids is 1. The zero-order chi connectivity index (χ0) is 15.3. The largest absolute Gasteiger partial charge is 0.381 e. The molecule has 0 aliphatic heterocycles. The van der Waals surface area contributed by atoms with Gasteiger partial charge in [-0.25, -0.2) is 0 Å². The Morgan fingerprint density at radius 3 is 2.64 bits per heavy atom. The van der Waals surface area contributed by atoms with Gasteiger partial charge in [-0.15, -0.1) is 0 Å². The van der Waals surface area contributed by atoms with Crippen molar-refractivity contribution in [3.63, 3.8) is 0 Å². The van der Waals surface area contributed by atoms with Crippen LogP contribution in [0.4, 0.5) is 0 Å². The predicted octanol–water partition coefficient (Wildman–Crippen LogP) is 4.22. The van der Waals surface area contributed by atoms with Crippen LogP contribution in [0.15, 0.2) is 0 Å². The molecule has 22 heavy (non-hydrogen) atoms. The van der Waals surface area contributed by atoms with E-state index in [1.165, 1.54) is 32.1 Å². The van der Waals surface area contributed by atoms with Crippen molar-refractivity contribution in [2.24, 2.45) is 39.9 Å². The molecule has 1 spiro atoms. The van der Waals surface area contributed by atoms with Crippen LogP contribution in [0.3, 0.4) is 0 Å². The van der Waals surface area contributed by atoms with Crippen molar-refractivity contribution in [2.45, 2.75) is 71.3 Å². The normalized spacial score (nSPS) is 62.1. The predicted molar refractivity (Wildman–Crippen MR) is 85.3 cm³/mol. The van der Waals surface area contributed by atoms with E-state index in [1.54, 1.807) is 0 Å². The number of carbonyl (C=O) groups is 1. The molecule has 5 rings (SSSR count). The van der Waals surface area contributed by atoms with E-state index >= 15 is 0 Å². The fourth-order valence-corrected chi connectivity index (χ4v) is 8.35. The minimum atomic E-state index is 0.00186. The average molecular weight is 302 g/mol. The molecule has 0 saturated heterocycles. The molecule has 5 fully saturated rings. The quantitative estimate of drug-likeness (QED) is 0.725. The first kappa shape index (κ1) is 14.0. The highest BCUT2D eigenvalue weighted by Gasteiger charge is 2.77. The number of hydrogen-bond acceptors (Lipinski definition) is 2. The number of Topliss-reactive ketones (excluding diaryl/α,β-unsaturated/α-hetero) is 1. The number of ether oxygens (including phenoxy) is 1. The molecule has 8 atom stereocenters. The molecule has 122 valence electrons. The summed E-state index contributed by atoms with van der Waals surface area (Å²) in [6.07, 6.45) is 10.4. The van der Waals surface area contributed by atoms with Crippen LogP contribution in [0.5, 0.6) is 0 Å². The van der Waals surface area contributed by atoms with E-state index in [0.29, 0.717) is 28.6 Å². The van der Waals surface area contributed by atoms with Crippen molar-refractivity contribution in [3.05, 3.63) is 0 Å². The summed E-state index contributed by atoms with van der Waals surface area (Å²) in [5.41, 5.74) is 1.01. The Bertz CT molecular complexity index is 542. The first-order valence-electron chi connectivity index (χ1n) is 9.53. The molecule has 5 aliphatic rings. The molecule has 0 amide bonds. The Hall–Kier alpha value is -0.370. The molecule has 0 N–H and O–H groups in total. The van der Waals surface area contributed by atoms with Gasteiger partial charge in [0.2, 0.25) is 0 Å². The van der Waals surface area contributed by atoms with Crippen LogP contribution in [-0.4, -0.2) is 19.0 Å².